The number of hydrogen-bond acceptors (Lipinski definition) is 2. The summed E-state index contributed by atoms with van der Waals surface area (Å²) in [5, 5.41) is 0.504. The van der Waals surface area contributed by atoms with Crippen molar-refractivity contribution in [1.82, 2.24) is 0 Å². The van der Waals surface area contributed by atoms with Crippen molar-refractivity contribution in [3.05, 3.63) is 95.0 Å². The van der Waals surface area contributed by atoms with Crippen LogP contribution in [0.2, 0.25) is 5.02 Å². The van der Waals surface area contributed by atoms with Crippen molar-refractivity contribution in [1.29, 1.82) is 0 Å². The number of benzene rings is 3. The van der Waals surface area contributed by atoms with Gasteiger partial charge in [-0.2, -0.15) is 0 Å². The summed E-state index contributed by atoms with van der Waals surface area (Å²) in [6, 6.07) is 23.3. The van der Waals surface area contributed by atoms with Crippen molar-refractivity contribution < 1.29 is 8.42 Å². The third kappa shape index (κ3) is 4.03. The highest BCUT2D eigenvalue weighted by atomic mass is 35.5. The molecule has 3 aromatic rings. The van der Waals surface area contributed by atoms with Gasteiger partial charge in [0, 0.05) is 5.02 Å². The molecule has 0 heterocycles. The van der Waals surface area contributed by atoms with Gasteiger partial charge in [0.05, 0.1) is 17.1 Å². The normalized spacial score (nSPS) is 11.3. The highest BCUT2D eigenvalue weighted by Gasteiger charge is 2.25. The second-order valence-electron chi connectivity index (χ2n) is 5.79. The molecule has 0 amide bonds. The fourth-order valence-corrected chi connectivity index (χ4v) is 4.15. The predicted molar refractivity (Wildman–Crippen MR) is 102 cm³/mol. The van der Waals surface area contributed by atoms with Crippen molar-refractivity contribution in [3.63, 3.8) is 0 Å². The van der Waals surface area contributed by atoms with Gasteiger partial charge in [0.1, 0.15) is 0 Å². The standard InChI is InChI=1S/C20H18ClNO2S/c1-16-6-5-9-19(14-16)22(15-17-7-3-2-4-8-17)25(23,24)20-12-10-18(21)11-13-20/h2-14H,15H2,1H3. The van der Waals surface area contributed by atoms with E-state index in [1.807, 2.05) is 61.5 Å². The number of halogens is 1. The van der Waals surface area contributed by atoms with Crippen molar-refractivity contribution in [3.8, 4) is 0 Å². The van der Waals surface area contributed by atoms with E-state index in [0.717, 1.165) is 11.1 Å². The van der Waals surface area contributed by atoms with Crippen LogP contribution in [0.4, 0.5) is 5.69 Å². The molecule has 0 aromatic heterocycles. The molecule has 0 radical (unpaired) electrons. The molecule has 128 valence electrons. The molecule has 0 fully saturated rings. The molecule has 3 aromatic carbocycles. The third-order valence-corrected chi connectivity index (χ3v) is 5.90. The Hall–Kier alpha value is -2.30. The molecule has 5 heteroatoms. The molecule has 0 aliphatic rings. The Bertz CT molecular complexity index is 955. The molecule has 0 N–H and O–H groups in total. The summed E-state index contributed by atoms with van der Waals surface area (Å²) in [6.45, 7) is 2.20. The van der Waals surface area contributed by atoms with Gasteiger partial charge in [-0.05, 0) is 54.4 Å². The van der Waals surface area contributed by atoms with E-state index in [2.05, 4.69) is 0 Å². The summed E-state index contributed by atoms with van der Waals surface area (Å²) in [4.78, 5) is 0.217. The average molecular weight is 372 g/mol. The predicted octanol–water partition coefficient (Wildman–Crippen LogP) is 5.04. The second kappa shape index (κ2) is 7.30. The molecule has 0 saturated heterocycles. The Morgan fingerprint density at radius 3 is 2.20 bits per heavy atom. The fourth-order valence-electron chi connectivity index (χ4n) is 2.58. The van der Waals surface area contributed by atoms with Crippen LogP contribution in [0.1, 0.15) is 11.1 Å². The molecule has 3 nitrogen and oxygen atoms in total. The maximum Gasteiger partial charge on any atom is 0.264 e. The highest BCUT2D eigenvalue weighted by Crippen LogP contribution is 2.27. The van der Waals surface area contributed by atoms with Crippen LogP contribution < -0.4 is 4.31 Å². The topological polar surface area (TPSA) is 37.4 Å². The molecule has 0 aliphatic carbocycles. The minimum atomic E-state index is -3.71. The van der Waals surface area contributed by atoms with Crippen molar-refractivity contribution in [2.45, 2.75) is 18.4 Å². The van der Waals surface area contributed by atoms with Crippen molar-refractivity contribution in [2.24, 2.45) is 0 Å². The lowest BCUT2D eigenvalue weighted by Gasteiger charge is -2.25. The van der Waals surface area contributed by atoms with E-state index >= 15 is 0 Å². The van der Waals surface area contributed by atoms with Crippen LogP contribution in [0.15, 0.2) is 83.8 Å². The van der Waals surface area contributed by atoms with Gasteiger partial charge in [-0.3, -0.25) is 4.31 Å². The van der Waals surface area contributed by atoms with Crippen LogP contribution in [0.25, 0.3) is 0 Å². The molecule has 0 aliphatic heterocycles. The smallest absolute Gasteiger partial charge is 0.262 e. The van der Waals surface area contributed by atoms with Crippen LogP contribution >= 0.6 is 11.6 Å². The molecule has 25 heavy (non-hydrogen) atoms. The molecule has 0 saturated carbocycles. The number of anilines is 1. The first kappa shape index (κ1) is 17.5. The molecule has 0 unspecified atom stereocenters. The summed E-state index contributed by atoms with van der Waals surface area (Å²) < 4.78 is 27.9. The molecular weight excluding hydrogens is 354 g/mol. The Kier molecular flexibility index (Phi) is 5.11. The van der Waals surface area contributed by atoms with Crippen LogP contribution in [0.3, 0.4) is 0 Å². The van der Waals surface area contributed by atoms with E-state index in [9.17, 15) is 8.42 Å². The number of sulfonamides is 1. The van der Waals surface area contributed by atoms with Gasteiger partial charge in [-0.1, -0.05) is 54.1 Å². The Morgan fingerprint density at radius 2 is 1.56 bits per heavy atom. The Morgan fingerprint density at radius 1 is 0.880 bits per heavy atom. The molecule has 0 atom stereocenters. The van der Waals surface area contributed by atoms with Crippen LogP contribution in [0, 0.1) is 6.92 Å². The van der Waals surface area contributed by atoms with Crippen LogP contribution in [0.5, 0.6) is 0 Å². The van der Waals surface area contributed by atoms with Crippen LogP contribution in [-0.4, -0.2) is 8.42 Å². The lowest BCUT2D eigenvalue weighted by molar-refractivity contribution is 0.590. The van der Waals surface area contributed by atoms with Crippen LogP contribution in [-0.2, 0) is 16.6 Å². The van der Waals surface area contributed by atoms with E-state index in [0.29, 0.717) is 10.7 Å². The monoisotopic (exact) mass is 371 g/mol. The SMILES string of the molecule is Cc1cccc(N(Cc2ccccc2)S(=O)(=O)c2ccc(Cl)cc2)c1. The van der Waals surface area contributed by atoms with Gasteiger partial charge in [0.25, 0.3) is 10.0 Å². The molecular formula is C20H18ClNO2S. The largest absolute Gasteiger partial charge is 0.264 e. The lowest BCUT2D eigenvalue weighted by atomic mass is 10.2. The third-order valence-electron chi connectivity index (χ3n) is 3.86. The zero-order valence-electron chi connectivity index (χ0n) is 13.8. The van der Waals surface area contributed by atoms with E-state index in [-0.39, 0.29) is 11.4 Å². The van der Waals surface area contributed by atoms with E-state index in [1.165, 1.54) is 16.4 Å². The lowest BCUT2D eigenvalue weighted by Crippen LogP contribution is -2.30. The van der Waals surface area contributed by atoms with Crippen molar-refractivity contribution in [2.75, 3.05) is 4.31 Å². The Balaban J connectivity index is 2.08. The minimum absolute atomic E-state index is 0.217. The van der Waals surface area contributed by atoms with Gasteiger partial charge in [0.15, 0.2) is 0 Å². The van der Waals surface area contributed by atoms with Gasteiger partial charge < -0.3 is 0 Å². The quantitative estimate of drug-likeness (QED) is 0.629. The summed E-state index contributed by atoms with van der Waals surface area (Å²) >= 11 is 5.90. The van der Waals surface area contributed by atoms with Gasteiger partial charge in [0.2, 0.25) is 0 Å². The molecule has 0 spiro atoms. The maximum absolute atomic E-state index is 13.2. The van der Waals surface area contributed by atoms with E-state index < -0.39 is 10.0 Å². The molecule has 3 rings (SSSR count). The summed E-state index contributed by atoms with van der Waals surface area (Å²) in [5.74, 6) is 0. The van der Waals surface area contributed by atoms with Gasteiger partial charge in [-0.25, -0.2) is 8.42 Å². The highest BCUT2D eigenvalue weighted by molar-refractivity contribution is 7.92. The number of aryl methyl sites for hydroxylation is 1. The number of rotatable bonds is 5. The van der Waals surface area contributed by atoms with Gasteiger partial charge >= 0.3 is 0 Å². The number of nitrogens with zero attached hydrogens (tertiary/aromatic N) is 1. The first-order chi connectivity index (χ1) is 12.0. The fraction of sp³-hybridized carbons (Fsp3) is 0.100. The zero-order chi connectivity index (χ0) is 17.9. The Labute approximate surface area is 153 Å². The van der Waals surface area contributed by atoms with E-state index in [4.69, 9.17) is 11.6 Å². The van der Waals surface area contributed by atoms with E-state index in [1.54, 1.807) is 12.1 Å². The average Bonchev–Trinajstić information content (AvgIpc) is 2.61. The summed E-state index contributed by atoms with van der Waals surface area (Å²) in [7, 11) is -3.71. The first-order valence-electron chi connectivity index (χ1n) is 7.86. The second-order valence-corrected chi connectivity index (χ2v) is 8.09. The van der Waals surface area contributed by atoms with Crippen molar-refractivity contribution >= 4 is 27.3 Å². The summed E-state index contributed by atoms with van der Waals surface area (Å²) in [5.41, 5.74) is 2.56. The maximum atomic E-state index is 13.2. The molecule has 0 bridgehead atoms. The number of hydrogen-bond donors (Lipinski definition) is 0. The summed E-state index contributed by atoms with van der Waals surface area (Å²) in [6.07, 6.45) is 0. The van der Waals surface area contributed by atoms with Gasteiger partial charge in [-0.15, -0.1) is 0 Å². The first-order valence-corrected chi connectivity index (χ1v) is 9.67. The zero-order valence-corrected chi connectivity index (χ0v) is 15.3. The minimum Gasteiger partial charge on any atom is -0.262 e.